The molecule has 2 aliphatic rings. The zero-order valence-corrected chi connectivity index (χ0v) is 16.1. The average Bonchev–Trinajstić information content (AvgIpc) is 3.44. The molecule has 1 N–H and O–H groups in total. The quantitative estimate of drug-likeness (QED) is 0.814. The third-order valence-electron chi connectivity index (χ3n) is 5.42. The van der Waals surface area contributed by atoms with E-state index in [0.29, 0.717) is 18.5 Å². The maximum absolute atomic E-state index is 12.4. The summed E-state index contributed by atoms with van der Waals surface area (Å²) in [7, 11) is 1.63. The maximum atomic E-state index is 12.4. The Morgan fingerprint density at radius 1 is 1.21 bits per heavy atom. The molecule has 1 atom stereocenters. The summed E-state index contributed by atoms with van der Waals surface area (Å²) >= 11 is 0. The van der Waals surface area contributed by atoms with Crippen molar-refractivity contribution in [1.29, 1.82) is 0 Å². The van der Waals surface area contributed by atoms with Crippen molar-refractivity contribution in [3.05, 3.63) is 24.3 Å². The zero-order valence-electron chi connectivity index (χ0n) is 16.1. The van der Waals surface area contributed by atoms with Crippen molar-refractivity contribution in [2.24, 2.45) is 5.92 Å². The number of rotatable bonds is 6. The van der Waals surface area contributed by atoms with Crippen LogP contribution in [0.3, 0.4) is 0 Å². The fraction of sp³-hybridized carbons (Fsp3) is 0.550. The van der Waals surface area contributed by atoms with Gasteiger partial charge in [0.2, 0.25) is 11.8 Å². The number of hydrogen-bond acceptors (Lipinski definition) is 7. The van der Waals surface area contributed by atoms with E-state index in [2.05, 4.69) is 15.5 Å². The summed E-state index contributed by atoms with van der Waals surface area (Å²) in [6.07, 6.45) is 3.85. The summed E-state index contributed by atoms with van der Waals surface area (Å²) in [6.45, 7) is 2.88. The molecule has 0 spiro atoms. The van der Waals surface area contributed by atoms with Crippen LogP contribution in [0.2, 0.25) is 0 Å². The Labute approximate surface area is 164 Å². The number of nitrogens with zero attached hydrogens (tertiary/aromatic N) is 3. The summed E-state index contributed by atoms with van der Waals surface area (Å²) in [5.74, 6) is 1.42. The topological polar surface area (TPSA) is 89.7 Å². The SMILES string of the molecule is COc1ccc(-c2nnc(N3CCC(C(=O)NCC4CCCO4)CC3)o2)cc1. The maximum Gasteiger partial charge on any atom is 0.318 e. The Morgan fingerprint density at radius 3 is 2.68 bits per heavy atom. The predicted octanol–water partition coefficient (Wildman–Crippen LogP) is 2.26. The van der Waals surface area contributed by atoms with Crippen LogP contribution in [0, 0.1) is 5.92 Å². The molecule has 2 aromatic rings. The second-order valence-electron chi connectivity index (χ2n) is 7.26. The van der Waals surface area contributed by atoms with Crippen molar-refractivity contribution in [3.8, 4) is 17.2 Å². The molecular formula is C20H26N4O4. The molecule has 2 aliphatic heterocycles. The molecule has 8 nitrogen and oxygen atoms in total. The molecule has 2 saturated heterocycles. The summed E-state index contributed by atoms with van der Waals surface area (Å²) < 4.78 is 16.6. The Kier molecular flexibility index (Phi) is 5.76. The van der Waals surface area contributed by atoms with Gasteiger partial charge in [-0.25, -0.2) is 0 Å². The van der Waals surface area contributed by atoms with Gasteiger partial charge < -0.3 is 24.1 Å². The molecule has 1 aromatic carbocycles. The molecule has 0 bridgehead atoms. The van der Waals surface area contributed by atoms with E-state index >= 15 is 0 Å². The van der Waals surface area contributed by atoms with Crippen molar-refractivity contribution in [1.82, 2.24) is 15.5 Å². The molecule has 2 fully saturated rings. The molecule has 0 saturated carbocycles. The molecule has 1 unspecified atom stereocenters. The van der Waals surface area contributed by atoms with E-state index in [1.165, 1.54) is 0 Å². The van der Waals surface area contributed by atoms with Crippen LogP contribution in [0.5, 0.6) is 5.75 Å². The van der Waals surface area contributed by atoms with E-state index in [1.807, 2.05) is 29.2 Å². The number of nitrogens with one attached hydrogen (secondary N) is 1. The average molecular weight is 386 g/mol. The number of piperidine rings is 1. The highest BCUT2D eigenvalue weighted by atomic mass is 16.5. The van der Waals surface area contributed by atoms with E-state index in [-0.39, 0.29) is 17.9 Å². The lowest BCUT2D eigenvalue weighted by atomic mass is 9.96. The van der Waals surface area contributed by atoms with Crippen LogP contribution >= 0.6 is 0 Å². The standard InChI is InChI=1S/C20H26N4O4/c1-26-16-6-4-15(5-7-16)19-22-23-20(28-19)24-10-8-14(9-11-24)18(25)21-13-17-3-2-12-27-17/h4-7,14,17H,2-3,8-13H2,1H3,(H,21,25). The molecule has 8 heteroatoms. The van der Waals surface area contributed by atoms with Crippen LogP contribution in [-0.2, 0) is 9.53 Å². The fourth-order valence-electron chi connectivity index (χ4n) is 3.69. The molecule has 0 aliphatic carbocycles. The van der Waals surface area contributed by atoms with Gasteiger partial charge in [0.25, 0.3) is 0 Å². The summed E-state index contributed by atoms with van der Waals surface area (Å²) in [5, 5.41) is 11.4. The van der Waals surface area contributed by atoms with Crippen LogP contribution in [0.1, 0.15) is 25.7 Å². The number of carbonyl (C=O) groups excluding carboxylic acids is 1. The third-order valence-corrected chi connectivity index (χ3v) is 5.42. The molecule has 1 amide bonds. The van der Waals surface area contributed by atoms with Crippen LogP contribution in [0.25, 0.3) is 11.5 Å². The smallest absolute Gasteiger partial charge is 0.318 e. The number of amides is 1. The highest BCUT2D eigenvalue weighted by Crippen LogP contribution is 2.27. The Hall–Kier alpha value is -2.61. The van der Waals surface area contributed by atoms with Gasteiger partial charge in [-0.2, -0.15) is 0 Å². The molecule has 4 rings (SSSR count). The largest absolute Gasteiger partial charge is 0.497 e. The van der Waals surface area contributed by atoms with Gasteiger partial charge in [-0.15, -0.1) is 5.10 Å². The second kappa shape index (κ2) is 8.60. The van der Waals surface area contributed by atoms with Crippen LogP contribution in [-0.4, -0.2) is 55.6 Å². The van der Waals surface area contributed by atoms with Crippen molar-refractivity contribution in [2.75, 3.05) is 38.3 Å². The minimum Gasteiger partial charge on any atom is -0.497 e. The van der Waals surface area contributed by atoms with E-state index < -0.39 is 0 Å². The Bertz CT molecular complexity index is 778. The van der Waals surface area contributed by atoms with E-state index in [9.17, 15) is 4.79 Å². The van der Waals surface area contributed by atoms with Gasteiger partial charge in [-0.3, -0.25) is 4.79 Å². The van der Waals surface area contributed by atoms with Crippen molar-refractivity contribution < 1.29 is 18.7 Å². The normalized spacial score (nSPS) is 20.3. The first-order chi connectivity index (χ1) is 13.7. The number of hydrogen-bond donors (Lipinski definition) is 1. The van der Waals surface area contributed by atoms with Gasteiger partial charge in [0.15, 0.2) is 0 Å². The molecular weight excluding hydrogens is 360 g/mol. The summed E-state index contributed by atoms with van der Waals surface area (Å²) in [6, 6.07) is 8.01. The highest BCUT2D eigenvalue weighted by Gasteiger charge is 2.28. The lowest BCUT2D eigenvalue weighted by Gasteiger charge is -2.30. The first kappa shape index (κ1) is 18.7. The first-order valence-electron chi connectivity index (χ1n) is 9.85. The zero-order chi connectivity index (χ0) is 19.3. The first-order valence-corrected chi connectivity index (χ1v) is 9.85. The second-order valence-corrected chi connectivity index (χ2v) is 7.26. The van der Waals surface area contributed by atoms with Gasteiger partial charge in [0.1, 0.15) is 5.75 Å². The fourth-order valence-corrected chi connectivity index (χ4v) is 3.69. The predicted molar refractivity (Wildman–Crippen MR) is 103 cm³/mol. The number of methoxy groups -OCH3 is 1. The van der Waals surface area contributed by atoms with E-state index in [1.54, 1.807) is 7.11 Å². The minimum absolute atomic E-state index is 0.0293. The van der Waals surface area contributed by atoms with Crippen molar-refractivity contribution in [2.45, 2.75) is 31.8 Å². The van der Waals surface area contributed by atoms with Gasteiger partial charge in [-0.1, -0.05) is 5.10 Å². The Balaban J connectivity index is 1.28. The van der Waals surface area contributed by atoms with Crippen LogP contribution in [0.4, 0.5) is 6.01 Å². The van der Waals surface area contributed by atoms with Gasteiger partial charge in [0.05, 0.1) is 13.2 Å². The lowest BCUT2D eigenvalue weighted by Crippen LogP contribution is -2.42. The number of aromatic nitrogens is 2. The number of benzene rings is 1. The van der Waals surface area contributed by atoms with E-state index in [4.69, 9.17) is 13.9 Å². The molecule has 0 radical (unpaired) electrons. The van der Waals surface area contributed by atoms with Gasteiger partial charge >= 0.3 is 6.01 Å². The van der Waals surface area contributed by atoms with Gasteiger partial charge in [-0.05, 0) is 49.9 Å². The number of carbonyl (C=O) groups is 1. The van der Waals surface area contributed by atoms with Gasteiger partial charge in [0, 0.05) is 37.7 Å². The molecule has 3 heterocycles. The highest BCUT2D eigenvalue weighted by molar-refractivity contribution is 5.79. The summed E-state index contributed by atoms with van der Waals surface area (Å²) in [4.78, 5) is 14.4. The monoisotopic (exact) mass is 386 g/mol. The van der Waals surface area contributed by atoms with Crippen molar-refractivity contribution >= 4 is 11.9 Å². The Morgan fingerprint density at radius 2 is 2.00 bits per heavy atom. The third kappa shape index (κ3) is 4.27. The van der Waals surface area contributed by atoms with E-state index in [0.717, 1.165) is 56.7 Å². The van der Waals surface area contributed by atoms with Crippen LogP contribution < -0.4 is 15.0 Å². The molecule has 28 heavy (non-hydrogen) atoms. The molecule has 150 valence electrons. The lowest BCUT2D eigenvalue weighted by molar-refractivity contribution is -0.126. The van der Waals surface area contributed by atoms with Crippen molar-refractivity contribution in [3.63, 3.8) is 0 Å². The molecule has 1 aromatic heterocycles. The number of anilines is 1. The minimum atomic E-state index is 0.0293. The number of ether oxygens (including phenoxy) is 2. The van der Waals surface area contributed by atoms with Crippen LogP contribution in [0.15, 0.2) is 28.7 Å². The summed E-state index contributed by atoms with van der Waals surface area (Å²) in [5.41, 5.74) is 0.850.